The molecule has 2 aromatic carbocycles. The van der Waals surface area contributed by atoms with E-state index in [-0.39, 0.29) is 92.9 Å². The third-order valence-electron chi connectivity index (χ3n) is 15.1. The van der Waals surface area contributed by atoms with Gasteiger partial charge in [0.1, 0.15) is 61.0 Å². The molecule has 6 rings (SSSR count). The molecule has 2 fully saturated rings. The maximum atomic E-state index is 14.2. The highest BCUT2D eigenvalue weighted by atomic mass is 35.5. The second kappa shape index (κ2) is 31.1. The molecular formula is C59H79ClN6O18S. The molecule has 9 atom stereocenters. The lowest BCUT2D eigenvalue weighted by molar-refractivity contribution is -0.162. The van der Waals surface area contributed by atoms with Gasteiger partial charge in [-0.3, -0.25) is 29.8 Å². The number of Topliss-reactive ketones (excluding diaryl/α,β-unsaturated/α-hetero) is 2. The van der Waals surface area contributed by atoms with Crippen LogP contribution in [0.2, 0.25) is 5.02 Å². The number of carbonyl (C=O) groups is 8. The summed E-state index contributed by atoms with van der Waals surface area (Å²) in [5.74, 6) is -1.90. The molecule has 24 nitrogen and oxygen atoms in total. The Hall–Kier alpha value is -6.74. The number of thioether (sulfide) groups is 1. The van der Waals surface area contributed by atoms with Crippen molar-refractivity contribution in [2.75, 3.05) is 91.4 Å². The van der Waals surface area contributed by atoms with Crippen molar-refractivity contribution in [3.05, 3.63) is 88.0 Å². The quantitative estimate of drug-likeness (QED) is 0.0478. The second-order valence-corrected chi connectivity index (χ2v) is 23.0. The number of anilines is 2. The number of amides is 5. The molecule has 26 heteroatoms. The first kappa shape index (κ1) is 67.4. The number of halogens is 1. The number of methoxy groups -OCH3 is 2. The number of carbonyl (C=O) groups excluding carboxylic acids is 8. The van der Waals surface area contributed by atoms with Crippen LogP contribution in [0, 0.1) is 5.92 Å². The number of epoxide rings is 1. The van der Waals surface area contributed by atoms with Crippen LogP contribution in [-0.4, -0.2) is 195 Å². The van der Waals surface area contributed by atoms with Crippen LogP contribution in [0.4, 0.5) is 30.6 Å². The van der Waals surface area contributed by atoms with E-state index < -0.39 is 84.0 Å². The number of nitrogens with zero attached hydrogens (tertiary/aromatic N) is 3. The zero-order valence-electron chi connectivity index (χ0n) is 49.7. The number of likely N-dealkylation sites (N-methyl/N-ethyl adjacent to an activating group) is 3. The van der Waals surface area contributed by atoms with Gasteiger partial charge in [0, 0.05) is 85.1 Å². The molecule has 5 amide bonds. The number of aliphatic hydroxyl groups is 1. The van der Waals surface area contributed by atoms with Crippen LogP contribution in [0.3, 0.4) is 0 Å². The number of alkyl carbamates (subject to hydrolysis) is 1. The highest BCUT2D eigenvalue weighted by molar-refractivity contribution is 8.13. The van der Waals surface area contributed by atoms with Crippen LogP contribution in [-0.2, 0) is 76.5 Å². The van der Waals surface area contributed by atoms with Crippen molar-refractivity contribution in [2.24, 2.45) is 5.92 Å². The van der Waals surface area contributed by atoms with Gasteiger partial charge in [0.25, 0.3) is 5.24 Å². The largest absolute Gasteiger partial charge is 0.495 e. The molecule has 85 heavy (non-hydrogen) atoms. The molecule has 4 N–H and O–H groups in total. The Morgan fingerprint density at radius 3 is 2.47 bits per heavy atom. The first-order chi connectivity index (χ1) is 40.4. The zero-order valence-corrected chi connectivity index (χ0v) is 51.3. The molecule has 466 valence electrons. The van der Waals surface area contributed by atoms with Gasteiger partial charge >= 0.3 is 24.2 Å². The Balaban J connectivity index is 1.02. The van der Waals surface area contributed by atoms with Crippen LogP contribution in [0.1, 0.15) is 77.0 Å². The van der Waals surface area contributed by atoms with Gasteiger partial charge in [0.15, 0.2) is 11.5 Å². The number of ether oxygens (including phenoxy) is 9. The van der Waals surface area contributed by atoms with Crippen molar-refractivity contribution >= 4 is 81.7 Å². The Kier molecular flexibility index (Phi) is 24.6. The average molecular weight is 1230 g/mol. The molecule has 4 bridgehead atoms. The van der Waals surface area contributed by atoms with E-state index in [1.165, 1.54) is 49.9 Å². The number of benzene rings is 2. The maximum Gasteiger partial charge on any atom is 0.412 e. The predicted octanol–water partition coefficient (Wildman–Crippen LogP) is 6.98. The fourth-order valence-corrected chi connectivity index (χ4v) is 10.7. The van der Waals surface area contributed by atoms with Crippen molar-refractivity contribution in [2.45, 2.75) is 128 Å². The summed E-state index contributed by atoms with van der Waals surface area (Å²) in [6.07, 6.45) is 1.81. The summed E-state index contributed by atoms with van der Waals surface area (Å²) in [4.78, 5) is 110. The third-order valence-corrected chi connectivity index (χ3v) is 16.5. The summed E-state index contributed by atoms with van der Waals surface area (Å²) in [6.45, 7) is 9.08. The van der Waals surface area contributed by atoms with Crippen LogP contribution in [0.25, 0.3) is 0 Å². The lowest BCUT2D eigenvalue weighted by Crippen LogP contribution is -2.63. The minimum absolute atomic E-state index is 0.0148. The van der Waals surface area contributed by atoms with E-state index in [2.05, 4.69) is 16.0 Å². The number of esters is 1. The van der Waals surface area contributed by atoms with Gasteiger partial charge in [-0.25, -0.2) is 19.2 Å². The third kappa shape index (κ3) is 18.9. The first-order valence-electron chi connectivity index (χ1n) is 27.9. The molecule has 2 aromatic rings. The number of nitrogens with one attached hydrogen (secondary N) is 3. The van der Waals surface area contributed by atoms with Gasteiger partial charge in [-0.15, -0.1) is 0 Å². The van der Waals surface area contributed by atoms with Crippen molar-refractivity contribution in [1.29, 1.82) is 0 Å². The molecule has 0 aromatic heterocycles. The fourth-order valence-electron chi connectivity index (χ4n) is 9.70. The van der Waals surface area contributed by atoms with E-state index in [1.54, 1.807) is 76.4 Å². The van der Waals surface area contributed by atoms with Crippen LogP contribution in [0.15, 0.2) is 66.3 Å². The number of allylic oxidation sites excluding steroid dienone is 3. The summed E-state index contributed by atoms with van der Waals surface area (Å²) < 4.78 is 50.9. The number of rotatable bonds is 19. The zero-order chi connectivity index (χ0) is 62.2. The SMILES string of the molecule is CCC(=O)CNc1cc(COC(=O)N(C)CCN(C)C(=O)SCCC(=O)N(C)[C@@H](C)C(=O)O[C@H]2CC(=O)Cc3cc(cc(OC)c3Cl)C/C(C)=C/C=C/[C@@H](OC)[C@@]3(O)C[C@H](OC(=O)N3)[C@@H](C)[C@@H]3O[C@@]23C)ccc1NC(=O)OC1/C=C/COCOC1. The molecule has 4 aliphatic rings. The van der Waals surface area contributed by atoms with Crippen molar-refractivity contribution in [3.8, 4) is 5.75 Å². The molecule has 2 saturated heterocycles. The van der Waals surface area contributed by atoms with Gasteiger partial charge in [0.05, 0.1) is 49.4 Å². The lowest BCUT2D eigenvalue weighted by Gasteiger charge is -2.42. The predicted molar refractivity (Wildman–Crippen MR) is 314 cm³/mol. The molecule has 3 heterocycles. The fraction of sp³-hybridized carbons (Fsp3) is 0.559. The van der Waals surface area contributed by atoms with E-state index >= 15 is 0 Å². The molecular weight excluding hydrogens is 1150 g/mol. The summed E-state index contributed by atoms with van der Waals surface area (Å²) in [7, 11) is 7.37. The smallest absolute Gasteiger partial charge is 0.412 e. The molecule has 1 aliphatic carbocycles. The van der Waals surface area contributed by atoms with E-state index in [0.29, 0.717) is 47.7 Å². The van der Waals surface area contributed by atoms with Crippen molar-refractivity contribution < 1.29 is 86.1 Å². The topological polar surface area (TPSA) is 289 Å². The van der Waals surface area contributed by atoms with E-state index in [9.17, 15) is 43.5 Å². The highest BCUT2D eigenvalue weighted by Crippen LogP contribution is 2.49. The van der Waals surface area contributed by atoms with E-state index in [0.717, 1.165) is 22.9 Å². The van der Waals surface area contributed by atoms with E-state index in [1.807, 2.05) is 19.1 Å². The monoisotopic (exact) mass is 1230 g/mol. The van der Waals surface area contributed by atoms with Gasteiger partial charge in [0.2, 0.25) is 5.91 Å². The minimum atomic E-state index is -1.89. The van der Waals surface area contributed by atoms with Gasteiger partial charge in [-0.1, -0.05) is 79.2 Å². The van der Waals surface area contributed by atoms with Gasteiger partial charge < -0.3 is 67.8 Å². The van der Waals surface area contributed by atoms with Gasteiger partial charge in [-0.2, -0.15) is 0 Å². The highest BCUT2D eigenvalue weighted by Gasteiger charge is 2.64. The number of hydrogen-bond acceptors (Lipinski definition) is 20. The van der Waals surface area contributed by atoms with Crippen LogP contribution in [0.5, 0.6) is 5.75 Å². The minimum Gasteiger partial charge on any atom is -0.495 e. The van der Waals surface area contributed by atoms with Crippen LogP contribution >= 0.6 is 23.4 Å². The Bertz CT molecular complexity index is 2860. The molecule has 0 saturated carbocycles. The second-order valence-electron chi connectivity index (χ2n) is 21.6. The van der Waals surface area contributed by atoms with Crippen molar-refractivity contribution in [1.82, 2.24) is 20.0 Å². The Labute approximate surface area is 504 Å². The summed E-state index contributed by atoms with van der Waals surface area (Å²) >= 11 is 7.65. The maximum absolute atomic E-state index is 14.2. The molecule has 0 radical (unpaired) electrons. The summed E-state index contributed by atoms with van der Waals surface area (Å²) in [5.41, 5.74) is 0.289. The molecule has 3 aliphatic heterocycles. The Morgan fingerprint density at radius 2 is 1.74 bits per heavy atom. The number of ketones is 2. The van der Waals surface area contributed by atoms with Gasteiger partial charge in [-0.05, 0) is 68.2 Å². The van der Waals surface area contributed by atoms with E-state index in [4.69, 9.17) is 54.2 Å². The van der Waals surface area contributed by atoms with Crippen molar-refractivity contribution in [3.63, 3.8) is 0 Å². The standard InChI is InChI=1S/C59H79ClN6O18S/c1-11-41(67)31-61-45-26-38(17-18-44(45)62-54(71)81-43-15-13-22-78-34-79-33-43)32-80-56(73)64(6)20-21-65(7)57(74)85-23-19-50(69)66(8)37(4)53(70)83-49-29-42(68)28-40-25-39(27-46(76-9)51(40)60)24-35(2)14-12-16-48(77-10)59(75)30-47(82-55(72)63-59)36(3)52-58(49,5)84-52/h12-18,25-27,36-37,43,47-49,52,61,75H,11,19-24,28-34H2,1-10H3,(H,62,71)(H,63,72)/b15-13+,16-12+,35-14+/t36-,37+,43?,47+,48-,49+,52+,58+,59+/m1/s1. The summed E-state index contributed by atoms with van der Waals surface area (Å²) in [5, 5.41) is 19.9. The first-order valence-corrected chi connectivity index (χ1v) is 29.3. The number of fused-ring (bicyclic) bond motifs is 5. The normalized spacial score (nSPS) is 25.9. The lowest BCUT2D eigenvalue weighted by atomic mass is 9.83. The van der Waals surface area contributed by atoms with Crippen LogP contribution < -0.4 is 20.7 Å². The average Bonchev–Trinajstić information content (AvgIpc) is 1.97. The Morgan fingerprint density at radius 1 is 0.988 bits per heavy atom. The molecule has 1 unspecified atom stereocenters. The summed E-state index contributed by atoms with van der Waals surface area (Å²) in [6, 6.07) is 7.30. The molecule has 0 spiro atoms. The number of hydrogen-bond donors (Lipinski definition) is 4.